The van der Waals surface area contributed by atoms with Crippen LogP contribution in [0.15, 0.2) is 42.9 Å². The first-order valence-corrected chi connectivity index (χ1v) is 12.7. The molecule has 1 amide bonds. The predicted molar refractivity (Wildman–Crippen MR) is 138 cm³/mol. The average Bonchev–Trinajstić information content (AvgIpc) is 3.65. The molecule has 38 heavy (non-hydrogen) atoms. The Hall–Kier alpha value is -4.50. The number of amides is 1. The molecule has 6 rings (SSSR count). The van der Waals surface area contributed by atoms with Crippen molar-refractivity contribution in [2.45, 2.75) is 25.4 Å². The van der Waals surface area contributed by atoms with Crippen LogP contribution in [-0.4, -0.2) is 58.6 Å². The zero-order chi connectivity index (χ0) is 26.1. The van der Waals surface area contributed by atoms with Gasteiger partial charge >= 0.3 is 0 Å². The fraction of sp³-hybridized carbons (Fsp3) is 0.261. The normalized spacial score (nSPS) is 14.1. The van der Waals surface area contributed by atoms with Crippen LogP contribution in [0.1, 0.15) is 35.2 Å². The second-order valence-corrected chi connectivity index (χ2v) is 9.67. The third kappa shape index (κ3) is 4.88. The Morgan fingerprint density at radius 1 is 1.24 bits per heavy atom. The Bertz CT molecular complexity index is 1600. The first-order valence-electron chi connectivity index (χ1n) is 11.9. The molecule has 1 aromatic carbocycles. The molecule has 0 bridgehead atoms. The van der Waals surface area contributed by atoms with Crippen LogP contribution in [-0.2, 0) is 6.54 Å². The summed E-state index contributed by atoms with van der Waals surface area (Å²) in [7, 11) is 0. The molecule has 5 aromatic rings. The molecule has 1 saturated heterocycles. The van der Waals surface area contributed by atoms with Crippen LogP contribution >= 0.6 is 11.3 Å². The van der Waals surface area contributed by atoms with Crippen molar-refractivity contribution in [1.82, 2.24) is 50.2 Å². The Morgan fingerprint density at radius 3 is 2.95 bits per heavy atom. The van der Waals surface area contributed by atoms with Crippen LogP contribution in [0, 0.1) is 5.82 Å². The number of nitrogens with zero attached hydrogens (tertiary/aromatic N) is 8. The smallest absolute Gasteiger partial charge is 0.274 e. The molecule has 194 valence electrons. The van der Waals surface area contributed by atoms with E-state index in [2.05, 4.69) is 46.3 Å². The number of aromatic nitrogens is 8. The number of rotatable bonds is 7. The fourth-order valence-electron chi connectivity index (χ4n) is 4.20. The molecule has 15 heteroatoms. The van der Waals surface area contributed by atoms with Gasteiger partial charge in [-0.3, -0.25) is 9.48 Å². The van der Waals surface area contributed by atoms with Crippen molar-refractivity contribution in [1.29, 1.82) is 0 Å². The zero-order valence-electron chi connectivity index (χ0n) is 20.0. The van der Waals surface area contributed by atoms with Crippen molar-refractivity contribution in [3.63, 3.8) is 0 Å². The lowest BCUT2D eigenvalue weighted by atomic mass is 10.1. The van der Waals surface area contributed by atoms with Crippen LogP contribution in [0.25, 0.3) is 16.2 Å². The van der Waals surface area contributed by atoms with Gasteiger partial charge in [0.25, 0.3) is 5.91 Å². The maximum atomic E-state index is 13.5. The lowest BCUT2D eigenvalue weighted by Crippen LogP contribution is -2.29. The zero-order valence-corrected chi connectivity index (χ0v) is 20.8. The summed E-state index contributed by atoms with van der Waals surface area (Å²) in [6.45, 7) is 1.94. The molecular formula is C23H23FN12OS. The molecule has 4 aromatic heterocycles. The van der Waals surface area contributed by atoms with Crippen molar-refractivity contribution in [3.8, 4) is 11.3 Å². The molecule has 0 atom stereocenters. The number of hydrogen-bond donors (Lipinski definition) is 4. The van der Waals surface area contributed by atoms with E-state index in [1.807, 2.05) is 10.9 Å². The number of carbonyl (C=O) groups excluding carboxylic acids is 1. The van der Waals surface area contributed by atoms with Crippen molar-refractivity contribution < 1.29 is 9.18 Å². The van der Waals surface area contributed by atoms with Crippen molar-refractivity contribution in [2.24, 2.45) is 0 Å². The number of hydrogen-bond acceptors (Lipinski definition) is 11. The van der Waals surface area contributed by atoms with E-state index in [0.717, 1.165) is 31.5 Å². The van der Waals surface area contributed by atoms with Gasteiger partial charge in [-0.2, -0.15) is 9.61 Å². The minimum absolute atomic E-state index is 0.00427. The quantitative estimate of drug-likeness (QED) is 0.243. The van der Waals surface area contributed by atoms with Gasteiger partial charge in [-0.05, 0) is 44.1 Å². The number of anilines is 3. The van der Waals surface area contributed by atoms with E-state index in [9.17, 15) is 9.18 Å². The highest BCUT2D eigenvalue weighted by atomic mass is 32.1. The number of benzene rings is 1. The van der Waals surface area contributed by atoms with Crippen LogP contribution in [0.2, 0.25) is 0 Å². The largest absolute Gasteiger partial charge is 0.382 e. The summed E-state index contributed by atoms with van der Waals surface area (Å²) in [4.78, 5) is 22.1. The van der Waals surface area contributed by atoms with Crippen LogP contribution in [0.4, 0.5) is 21.0 Å². The van der Waals surface area contributed by atoms with Crippen molar-refractivity contribution in [3.05, 3.63) is 60.2 Å². The maximum Gasteiger partial charge on any atom is 0.274 e. The number of nitrogens with one attached hydrogen (secondary N) is 3. The van der Waals surface area contributed by atoms with E-state index in [4.69, 9.17) is 5.73 Å². The minimum atomic E-state index is -0.507. The highest BCUT2D eigenvalue weighted by molar-refractivity contribution is 7.20. The Balaban J connectivity index is 1.15. The number of nitrogens with two attached hydrogens (primary N) is 1. The average molecular weight is 535 g/mol. The highest BCUT2D eigenvalue weighted by Gasteiger charge is 2.20. The van der Waals surface area contributed by atoms with E-state index in [1.54, 1.807) is 18.3 Å². The standard InChI is InChI=1S/C23H23FN12OS/c24-14-2-1-3-15(8-14)30-22-34-36-18(32-33-23(36)38-22)11-28-21(37)19-20(25)27-10-17(31-19)13-9-29-35(12-13)16-4-6-26-7-5-16/h1-3,8-10,12,16,26H,4-7,11H2,(H2,25,27)(H,28,37)(H,30,34). The molecule has 1 fully saturated rings. The summed E-state index contributed by atoms with van der Waals surface area (Å²) in [5.41, 5.74) is 7.79. The fourth-order valence-corrected chi connectivity index (χ4v) is 4.98. The predicted octanol–water partition coefficient (Wildman–Crippen LogP) is 2.16. The number of piperidine rings is 1. The van der Waals surface area contributed by atoms with E-state index >= 15 is 0 Å². The Morgan fingerprint density at radius 2 is 2.11 bits per heavy atom. The molecule has 0 radical (unpaired) electrons. The lowest BCUT2D eigenvalue weighted by Gasteiger charge is -2.22. The van der Waals surface area contributed by atoms with Crippen LogP contribution < -0.4 is 21.7 Å². The molecule has 1 aliphatic heterocycles. The van der Waals surface area contributed by atoms with Gasteiger partial charge in [0.2, 0.25) is 10.1 Å². The topological polar surface area (TPSA) is 166 Å². The van der Waals surface area contributed by atoms with Gasteiger partial charge in [-0.1, -0.05) is 17.4 Å². The van der Waals surface area contributed by atoms with Crippen molar-refractivity contribution >= 4 is 38.8 Å². The number of fused-ring (bicyclic) bond motifs is 1. The Labute approximate surface area is 219 Å². The number of nitrogen functional groups attached to an aromatic ring is 1. The van der Waals surface area contributed by atoms with Gasteiger partial charge in [0.15, 0.2) is 17.3 Å². The summed E-state index contributed by atoms with van der Waals surface area (Å²) < 4.78 is 16.9. The third-order valence-corrected chi connectivity index (χ3v) is 6.95. The molecule has 0 spiro atoms. The molecule has 5 N–H and O–H groups in total. The monoisotopic (exact) mass is 534 g/mol. The molecule has 0 saturated carbocycles. The molecule has 1 aliphatic rings. The highest BCUT2D eigenvalue weighted by Crippen LogP contribution is 2.24. The summed E-state index contributed by atoms with van der Waals surface area (Å²) in [6, 6.07) is 6.37. The van der Waals surface area contributed by atoms with Gasteiger partial charge in [-0.15, -0.1) is 15.3 Å². The van der Waals surface area contributed by atoms with Crippen LogP contribution in [0.5, 0.6) is 0 Å². The molecule has 0 aliphatic carbocycles. The van der Waals surface area contributed by atoms with E-state index < -0.39 is 5.91 Å². The summed E-state index contributed by atoms with van der Waals surface area (Å²) in [5, 5.41) is 26.7. The number of halogens is 1. The summed E-state index contributed by atoms with van der Waals surface area (Å²) >= 11 is 1.24. The SMILES string of the molecule is Nc1ncc(-c2cnn(C3CCNCC3)c2)nc1C(=O)NCc1nnc2sc(Nc3cccc(F)c3)nn12. The van der Waals surface area contributed by atoms with Crippen LogP contribution in [0.3, 0.4) is 0 Å². The lowest BCUT2D eigenvalue weighted by molar-refractivity contribution is 0.0945. The molecular weight excluding hydrogens is 511 g/mol. The minimum Gasteiger partial charge on any atom is -0.382 e. The van der Waals surface area contributed by atoms with Gasteiger partial charge in [0, 0.05) is 17.4 Å². The van der Waals surface area contributed by atoms with Gasteiger partial charge < -0.3 is 21.7 Å². The van der Waals surface area contributed by atoms with E-state index in [-0.39, 0.29) is 23.9 Å². The first-order chi connectivity index (χ1) is 18.5. The maximum absolute atomic E-state index is 13.5. The van der Waals surface area contributed by atoms with Crippen molar-refractivity contribution in [2.75, 3.05) is 24.1 Å². The van der Waals surface area contributed by atoms with Gasteiger partial charge in [-0.25, -0.2) is 14.4 Å². The summed E-state index contributed by atoms with van der Waals surface area (Å²) in [6.07, 6.45) is 7.16. The van der Waals surface area contributed by atoms with E-state index in [0.29, 0.717) is 33.3 Å². The van der Waals surface area contributed by atoms with Gasteiger partial charge in [0.1, 0.15) is 5.82 Å². The Kier molecular flexibility index (Phi) is 6.35. The molecule has 0 unspecified atom stereocenters. The second kappa shape index (κ2) is 10.1. The third-order valence-electron chi connectivity index (χ3n) is 6.13. The van der Waals surface area contributed by atoms with Gasteiger partial charge in [0.05, 0.1) is 30.7 Å². The second-order valence-electron chi connectivity index (χ2n) is 8.72. The molecule has 5 heterocycles. The van der Waals surface area contributed by atoms with E-state index in [1.165, 1.54) is 34.2 Å². The summed E-state index contributed by atoms with van der Waals surface area (Å²) in [5.74, 6) is -0.447. The molecule has 13 nitrogen and oxygen atoms in total. The first kappa shape index (κ1) is 23.9. The number of carbonyl (C=O) groups is 1.